The number of fused-ring (bicyclic) bond motifs is 1. The molecule has 0 fully saturated rings. The SMILES string of the molecule is COc1ccc(CCNc2ccnc(C(=O)N3c4ccccc4CC3C)c2)cc1. The monoisotopic (exact) mass is 387 g/mol. The van der Waals surface area contributed by atoms with E-state index in [1.54, 1.807) is 13.3 Å². The zero-order valence-corrected chi connectivity index (χ0v) is 16.8. The lowest BCUT2D eigenvalue weighted by Crippen LogP contribution is -2.36. The second-order valence-electron chi connectivity index (χ2n) is 7.31. The van der Waals surface area contributed by atoms with Crippen LogP contribution in [0.2, 0.25) is 0 Å². The normalized spacial score (nSPS) is 15.1. The molecule has 29 heavy (non-hydrogen) atoms. The number of benzene rings is 2. The fourth-order valence-electron chi connectivity index (χ4n) is 3.80. The number of nitrogens with one attached hydrogen (secondary N) is 1. The van der Waals surface area contributed by atoms with Gasteiger partial charge in [0.15, 0.2) is 0 Å². The van der Waals surface area contributed by atoms with Crippen molar-refractivity contribution >= 4 is 17.3 Å². The Kier molecular flexibility index (Phi) is 5.47. The van der Waals surface area contributed by atoms with Crippen molar-refractivity contribution in [1.29, 1.82) is 0 Å². The summed E-state index contributed by atoms with van der Waals surface area (Å²) < 4.78 is 5.19. The minimum atomic E-state index is -0.0544. The summed E-state index contributed by atoms with van der Waals surface area (Å²) in [7, 11) is 1.67. The Morgan fingerprint density at radius 3 is 2.76 bits per heavy atom. The molecular weight excluding hydrogens is 362 g/mol. The molecule has 1 aromatic heterocycles. The third-order valence-corrected chi connectivity index (χ3v) is 5.31. The minimum Gasteiger partial charge on any atom is -0.497 e. The van der Waals surface area contributed by atoms with Crippen molar-refractivity contribution in [2.75, 3.05) is 23.9 Å². The largest absolute Gasteiger partial charge is 0.497 e. The first-order valence-corrected chi connectivity index (χ1v) is 9.90. The number of amides is 1. The predicted octanol–water partition coefficient (Wildman–Crippen LogP) is 4.34. The van der Waals surface area contributed by atoms with Crippen molar-refractivity contribution < 1.29 is 9.53 Å². The molecule has 3 aromatic rings. The van der Waals surface area contributed by atoms with Gasteiger partial charge in [-0.3, -0.25) is 9.78 Å². The molecule has 4 rings (SSSR count). The van der Waals surface area contributed by atoms with E-state index in [2.05, 4.69) is 35.4 Å². The lowest BCUT2D eigenvalue weighted by Gasteiger charge is -2.22. The van der Waals surface area contributed by atoms with Crippen molar-refractivity contribution in [1.82, 2.24) is 4.98 Å². The molecule has 0 saturated heterocycles. The van der Waals surface area contributed by atoms with Gasteiger partial charge in [-0.2, -0.15) is 0 Å². The lowest BCUT2D eigenvalue weighted by atomic mass is 10.1. The molecule has 148 valence electrons. The van der Waals surface area contributed by atoms with E-state index < -0.39 is 0 Å². The van der Waals surface area contributed by atoms with Crippen LogP contribution < -0.4 is 15.0 Å². The van der Waals surface area contributed by atoms with Crippen LogP contribution in [0.4, 0.5) is 11.4 Å². The first kappa shape index (κ1) is 19.0. The zero-order chi connectivity index (χ0) is 20.2. The Labute approximate surface area is 171 Å². The highest BCUT2D eigenvalue weighted by atomic mass is 16.5. The number of carbonyl (C=O) groups is 1. The number of rotatable bonds is 6. The van der Waals surface area contributed by atoms with Gasteiger partial charge >= 0.3 is 0 Å². The van der Waals surface area contributed by atoms with Crippen LogP contribution in [0.15, 0.2) is 66.9 Å². The maximum Gasteiger partial charge on any atom is 0.277 e. The van der Waals surface area contributed by atoms with Crippen molar-refractivity contribution in [2.24, 2.45) is 0 Å². The second kappa shape index (κ2) is 8.35. The van der Waals surface area contributed by atoms with Gasteiger partial charge in [-0.15, -0.1) is 0 Å². The van der Waals surface area contributed by atoms with Crippen molar-refractivity contribution in [3.05, 3.63) is 83.7 Å². The number of carbonyl (C=O) groups excluding carboxylic acids is 1. The van der Waals surface area contributed by atoms with Gasteiger partial charge in [0.2, 0.25) is 0 Å². The van der Waals surface area contributed by atoms with Gasteiger partial charge < -0.3 is 15.0 Å². The summed E-state index contributed by atoms with van der Waals surface area (Å²) in [5, 5.41) is 3.40. The zero-order valence-electron chi connectivity index (χ0n) is 16.8. The Morgan fingerprint density at radius 1 is 1.17 bits per heavy atom. The number of ether oxygens (including phenoxy) is 1. The molecule has 0 bridgehead atoms. The first-order valence-electron chi connectivity index (χ1n) is 9.90. The minimum absolute atomic E-state index is 0.0544. The highest BCUT2D eigenvalue weighted by molar-refractivity contribution is 6.06. The molecule has 0 aliphatic carbocycles. The number of nitrogens with zero attached hydrogens (tertiary/aromatic N) is 2. The number of aromatic nitrogens is 1. The third kappa shape index (κ3) is 4.09. The van der Waals surface area contributed by atoms with Crippen LogP contribution in [0.1, 0.15) is 28.5 Å². The van der Waals surface area contributed by atoms with Gasteiger partial charge in [-0.05, 0) is 61.2 Å². The molecule has 1 N–H and O–H groups in total. The van der Waals surface area contributed by atoms with Gasteiger partial charge in [-0.25, -0.2) is 0 Å². The van der Waals surface area contributed by atoms with Crippen LogP contribution in [-0.2, 0) is 12.8 Å². The number of para-hydroxylation sites is 1. The molecule has 1 atom stereocenters. The number of anilines is 2. The van der Waals surface area contributed by atoms with Crippen molar-refractivity contribution in [3.8, 4) is 5.75 Å². The molecule has 5 heteroatoms. The van der Waals surface area contributed by atoms with E-state index >= 15 is 0 Å². The number of hydrogen-bond acceptors (Lipinski definition) is 4. The Hall–Kier alpha value is -3.34. The summed E-state index contributed by atoms with van der Waals surface area (Å²) >= 11 is 0. The summed E-state index contributed by atoms with van der Waals surface area (Å²) in [5.41, 5.74) is 4.79. The molecular formula is C24H25N3O2. The molecule has 1 aliphatic heterocycles. The quantitative estimate of drug-likeness (QED) is 0.684. The molecule has 2 heterocycles. The van der Waals surface area contributed by atoms with Crippen LogP contribution in [-0.4, -0.2) is 30.6 Å². The molecule has 1 unspecified atom stereocenters. The van der Waals surface area contributed by atoms with E-state index in [0.29, 0.717) is 5.69 Å². The molecule has 1 aliphatic rings. The van der Waals surface area contributed by atoms with Crippen LogP contribution in [0, 0.1) is 0 Å². The molecule has 0 spiro atoms. The maximum absolute atomic E-state index is 13.2. The number of methoxy groups -OCH3 is 1. The van der Waals surface area contributed by atoms with Gasteiger partial charge in [0.05, 0.1) is 7.11 Å². The van der Waals surface area contributed by atoms with Gasteiger partial charge in [0.1, 0.15) is 11.4 Å². The van der Waals surface area contributed by atoms with E-state index in [9.17, 15) is 4.79 Å². The van der Waals surface area contributed by atoms with Gasteiger partial charge in [0.25, 0.3) is 5.91 Å². The van der Waals surface area contributed by atoms with E-state index in [-0.39, 0.29) is 11.9 Å². The van der Waals surface area contributed by atoms with Gasteiger partial charge in [-0.1, -0.05) is 30.3 Å². The van der Waals surface area contributed by atoms with E-state index in [1.165, 1.54) is 11.1 Å². The summed E-state index contributed by atoms with van der Waals surface area (Å²) in [4.78, 5) is 19.3. The predicted molar refractivity (Wildman–Crippen MR) is 116 cm³/mol. The summed E-state index contributed by atoms with van der Waals surface area (Å²) in [6.07, 6.45) is 3.45. The van der Waals surface area contributed by atoms with E-state index in [0.717, 1.165) is 36.5 Å². The van der Waals surface area contributed by atoms with Crippen molar-refractivity contribution in [2.45, 2.75) is 25.8 Å². The highest BCUT2D eigenvalue weighted by Gasteiger charge is 2.31. The highest BCUT2D eigenvalue weighted by Crippen LogP contribution is 2.33. The standard InChI is InChI=1S/C24H25N3O2/c1-17-15-19-5-3-4-6-23(19)27(17)24(28)22-16-20(12-14-26-22)25-13-11-18-7-9-21(29-2)10-8-18/h3-10,12,14,16-17H,11,13,15H2,1-2H3,(H,25,26). The summed E-state index contributed by atoms with van der Waals surface area (Å²) in [6, 6.07) is 20.0. The van der Waals surface area contributed by atoms with Crippen LogP contribution in [0.3, 0.4) is 0 Å². The molecule has 0 radical (unpaired) electrons. The van der Waals surface area contributed by atoms with Crippen molar-refractivity contribution in [3.63, 3.8) is 0 Å². The van der Waals surface area contributed by atoms with Gasteiger partial charge in [0, 0.05) is 30.2 Å². The van der Waals surface area contributed by atoms with E-state index in [1.807, 2.05) is 47.4 Å². The number of hydrogen-bond donors (Lipinski definition) is 1. The summed E-state index contributed by atoms with van der Waals surface area (Å²) in [5.74, 6) is 0.804. The van der Waals surface area contributed by atoms with E-state index in [4.69, 9.17) is 4.74 Å². The number of pyridine rings is 1. The second-order valence-corrected chi connectivity index (χ2v) is 7.31. The Morgan fingerprint density at radius 2 is 1.97 bits per heavy atom. The molecule has 2 aromatic carbocycles. The topological polar surface area (TPSA) is 54.5 Å². The molecule has 1 amide bonds. The molecule has 0 saturated carbocycles. The lowest BCUT2D eigenvalue weighted by molar-refractivity contribution is 0.0976. The fourth-order valence-corrected chi connectivity index (χ4v) is 3.80. The first-order chi connectivity index (χ1) is 14.2. The average molecular weight is 387 g/mol. The van der Waals surface area contributed by atoms with Crippen LogP contribution >= 0.6 is 0 Å². The summed E-state index contributed by atoms with van der Waals surface area (Å²) in [6.45, 7) is 2.85. The Bertz CT molecular complexity index is 1000. The Balaban J connectivity index is 1.42. The van der Waals surface area contributed by atoms with Crippen LogP contribution in [0.5, 0.6) is 5.75 Å². The maximum atomic E-state index is 13.2. The third-order valence-electron chi connectivity index (χ3n) is 5.31. The smallest absolute Gasteiger partial charge is 0.277 e. The molecule has 5 nitrogen and oxygen atoms in total. The average Bonchev–Trinajstić information content (AvgIpc) is 3.09. The fraction of sp³-hybridized carbons (Fsp3) is 0.250. The van der Waals surface area contributed by atoms with Crippen LogP contribution in [0.25, 0.3) is 0 Å².